The van der Waals surface area contributed by atoms with E-state index in [9.17, 15) is 0 Å². The molecule has 1 unspecified atom stereocenters. The molecule has 0 heterocycles. The average Bonchev–Trinajstić information content (AvgIpc) is 2.38. The summed E-state index contributed by atoms with van der Waals surface area (Å²) >= 11 is 0. The Hall–Kier alpha value is -1.51. The Bertz CT molecular complexity index is 499. The van der Waals surface area contributed by atoms with Crippen molar-refractivity contribution >= 4 is 12.4 Å². The minimum Gasteiger partial charge on any atom is -0.496 e. The quantitative estimate of drug-likeness (QED) is 0.920. The van der Waals surface area contributed by atoms with E-state index in [1.807, 2.05) is 42.5 Å². The third-order valence-corrected chi connectivity index (χ3v) is 2.97. The molecule has 18 heavy (non-hydrogen) atoms. The first kappa shape index (κ1) is 14.6. The number of ether oxygens (including phenoxy) is 1. The van der Waals surface area contributed by atoms with E-state index in [2.05, 4.69) is 13.0 Å². The predicted molar refractivity (Wildman–Crippen MR) is 77.5 cm³/mol. The molecule has 0 aliphatic heterocycles. The second-order valence-electron chi connectivity index (χ2n) is 4.08. The summed E-state index contributed by atoms with van der Waals surface area (Å²) in [5.74, 6) is 0.848. The molecule has 0 saturated heterocycles. The van der Waals surface area contributed by atoms with Crippen molar-refractivity contribution in [1.29, 1.82) is 0 Å². The van der Waals surface area contributed by atoms with Crippen LogP contribution in [0.3, 0.4) is 0 Å². The lowest BCUT2D eigenvalue weighted by molar-refractivity contribution is 0.407. The van der Waals surface area contributed by atoms with Crippen LogP contribution >= 0.6 is 12.4 Å². The summed E-state index contributed by atoms with van der Waals surface area (Å²) in [5, 5.41) is 0. The van der Waals surface area contributed by atoms with Gasteiger partial charge in [0, 0.05) is 5.56 Å². The van der Waals surface area contributed by atoms with Crippen molar-refractivity contribution < 1.29 is 4.74 Å². The van der Waals surface area contributed by atoms with E-state index >= 15 is 0 Å². The zero-order valence-corrected chi connectivity index (χ0v) is 11.4. The van der Waals surface area contributed by atoms with Crippen LogP contribution in [0.25, 0.3) is 0 Å². The number of methoxy groups -OCH3 is 1. The smallest absolute Gasteiger partial charge is 0.124 e. The Morgan fingerprint density at radius 3 is 2.28 bits per heavy atom. The second kappa shape index (κ2) is 6.43. The van der Waals surface area contributed by atoms with Gasteiger partial charge in [0.05, 0.1) is 13.2 Å². The van der Waals surface area contributed by atoms with Gasteiger partial charge in [-0.05, 0) is 24.1 Å². The maximum atomic E-state index is 6.31. The van der Waals surface area contributed by atoms with Crippen LogP contribution in [0.2, 0.25) is 0 Å². The van der Waals surface area contributed by atoms with E-state index in [1.165, 1.54) is 0 Å². The number of nitrogens with two attached hydrogens (primary N) is 1. The molecule has 0 bridgehead atoms. The topological polar surface area (TPSA) is 35.2 Å². The largest absolute Gasteiger partial charge is 0.496 e. The van der Waals surface area contributed by atoms with E-state index in [0.29, 0.717) is 0 Å². The maximum absolute atomic E-state index is 6.31. The van der Waals surface area contributed by atoms with Gasteiger partial charge in [-0.3, -0.25) is 0 Å². The Morgan fingerprint density at radius 2 is 1.67 bits per heavy atom. The lowest BCUT2D eigenvalue weighted by Gasteiger charge is -2.18. The molecule has 2 N–H and O–H groups in total. The fourth-order valence-corrected chi connectivity index (χ4v) is 2.06. The van der Waals surface area contributed by atoms with Crippen LogP contribution in [0.1, 0.15) is 22.7 Å². The molecule has 1 atom stereocenters. The molecule has 2 rings (SSSR count). The van der Waals surface area contributed by atoms with Crippen LogP contribution in [0, 0.1) is 6.92 Å². The third kappa shape index (κ3) is 2.84. The van der Waals surface area contributed by atoms with Gasteiger partial charge in [-0.2, -0.15) is 0 Å². The van der Waals surface area contributed by atoms with Crippen LogP contribution in [-0.4, -0.2) is 7.11 Å². The van der Waals surface area contributed by atoms with Gasteiger partial charge in [-0.15, -0.1) is 12.4 Å². The molecule has 0 fully saturated rings. The Labute approximate surface area is 114 Å². The summed E-state index contributed by atoms with van der Waals surface area (Å²) in [6.45, 7) is 2.06. The molecule has 0 amide bonds. The molecule has 0 aromatic heterocycles. The molecule has 0 aliphatic rings. The minimum atomic E-state index is -0.146. The van der Waals surface area contributed by atoms with Gasteiger partial charge in [0.2, 0.25) is 0 Å². The van der Waals surface area contributed by atoms with Crippen molar-refractivity contribution in [1.82, 2.24) is 0 Å². The summed E-state index contributed by atoms with van der Waals surface area (Å²) in [7, 11) is 1.68. The molecule has 2 aromatic rings. The van der Waals surface area contributed by atoms with Crippen molar-refractivity contribution in [3.63, 3.8) is 0 Å². The number of hydrogen-bond donors (Lipinski definition) is 1. The third-order valence-electron chi connectivity index (χ3n) is 2.97. The summed E-state index contributed by atoms with van der Waals surface area (Å²) in [4.78, 5) is 0. The lowest BCUT2D eigenvalue weighted by atomic mass is 9.95. The highest BCUT2D eigenvalue weighted by atomic mass is 35.5. The highest BCUT2D eigenvalue weighted by Gasteiger charge is 2.15. The minimum absolute atomic E-state index is 0. The number of hydrogen-bond acceptors (Lipinski definition) is 2. The first-order valence-corrected chi connectivity index (χ1v) is 5.68. The normalized spacial score (nSPS) is 11.5. The van der Waals surface area contributed by atoms with Crippen LogP contribution < -0.4 is 10.5 Å². The van der Waals surface area contributed by atoms with Crippen LogP contribution in [0.15, 0.2) is 48.5 Å². The molecule has 0 saturated carbocycles. The fraction of sp³-hybridized carbons (Fsp3) is 0.200. The van der Waals surface area contributed by atoms with E-state index in [1.54, 1.807) is 7.11 Å². The van der Waals surface area contributed by atoms with Gasteiger partial charge in [-0.25, -0.2) is 0 Å². The summed E-state index contributed by atoms with van der Waals surface area (Å²) in [6, 6.07) is 15.9. The number of aryl methyl sites for hydroxylation is 1. The zero-order chi connectivity index (χ0) is 12.3. The Kier molecular flexibility index (Phi) is 5.20. The van der Waals surface area contributed by atoms with Crippen LogP contribution in [-0.2, 0) is 0 Å². The van der Waals surface area contributed by atoms with Crippen LogP contribution in [0.4, 0.5) is 0 Å². The molecular formula is C15H18ClNO. The molecule has 0 radical (unpaired) electrons. The SMILES string of the molecule is COc1cccc(C)c1C(N)c1ccccc1.Cl. The van der Waals surface area contributed by atoms with Crippen molar-refractivity contribution in [3.05, 3.63) is 65.2 Å². The van der Waals surface area contributed by atoms with Gasteiger partial charge in [-0.1, -0.05) is 42.5 Å². The molecule has 3 heteroatoms. The molecule has 2 nitrogen and oxygen atoms in total. The van der Waals surface area contributed by atoms with Gasteiger partial charge in [0.1, 0.15) is 5.75 Å². The standard InChI is InChI=1S/C15H17NO.ClH/c1-11-7-6-10-13(17-2)14(11)15(16)12-8-4-3-5-9-12;/h3-10,15H,16H2,1-2H3;1H. The van der Waals surface area contributed by atoms with Gasteiger partial charge in [0.25, 0.3) is 0 Å². The van der Waals surface area contributed by atoms with E-state index in [4.69, 9.17) is 10.5 Å². The number of benzene rings is 2. The fourth-order valence-electron chi connectivity index (χ4n) is 2.06. The molecule has 96 valence electrons. The maximum Gasteiger partial charge on any atom is 0.124 e. The molecular weight excluding hydrogens is 246 g/mol. The first-order valence-electron chi connectivity index (χ1n) is 5.68. The summed E-state index contributed by atoms with van der Waals surface area (Å²) in [6.07, 6.45) is 0. The van der Waals surface area contributed by atoms with E-state index < -0.39 is 0 Å². The second-order valence-corrected chi connectivity index (χ2v) is 4.08. The van der Waals surface area contributed by atoms with Crippen molar-refractivity contribution in [2.24, 2.45) is 5.73 Å². The van der Waals surface area contributed by atoms with Crippen molar-refractivity contribution in [2.45, 2.75) is 13.0 Å². The summed E-state index contributed by atoms with van der Waals surface area (Å²) < 4.78 is 5.39. The molecule has 0 aliphatic carbocycles. The highest BCUT2D eigenvalue weighted by molar-refractivity contribution is 5.85. The lowest BCUT2D eigenvalue weighted by Crippen LogP contribution is -2.14. The van der Waals surface area contributed by atoms with Crippen molar-refractivity contribution in [3.8, 4) is 5.75 Å². The number of halogens is 1. The summed E-state index contributed by atoms with van der Waals surface area (Å²) in [5.41, 5.74) is 9.62. The van der Waals surface area contributed by atoms with E-state index in [0.717, 1.165) is 22.4 Å². The van der Waals surface area contributed by atoms with Crippen molar-refractivity contribution in [2.75, 3.05) is 7.11 Å². The molecule has 0 spiro atoms. The van der Waals surface area contributed by atoms with Gasteiger partial charge < -0.3 is 10.5 Å². The first-order chi connectivity index (χ1) is 8.24. The average molecular weight is 264 g/mol. The Morgan fingerprint density at radius 1 is 1.00 bits per heavy atom. The Balaban J connectivity index is 0.00000162. The highest BCUT2D eigenvalue weighted by Crippen LogP contribution is 2.30. The van der Waals surface area contributed by atoms with Crippen LogP contribution in [0.5, 0.6) is 5.75 Å². The van der Waals surface area contributed by atoms with Gasteiger partial charge in [0.15, 0.2) is 0 Å². The number of rotatable bonds is 3. The predicted octanol–water partition coefficient (Wildman–Crippen LogP) is 3.47. The van der Waals surface area contributed by atoms with E-state index in [-0.39, 0.29) is 18.4 Å². The molecule has 2 aromatic carbocycles. The zero-order valence-electron chi connectivity index (χ0n) is 10.6. The monoisotopic (exact) mass is 263 g/mol. The van der Waals surface area contributed by atoms with Gasteiger partial charge >= 0.3 is 0 Å².